The van der Waals surface area contributed by atoms with Crippen LogP contribution in [0.25, 0.3) is 0 Å². The summed E-state index contributed by atoms with van der Waals surface area (Å²) in [5.74, 6) is 0.975. The third kappa shape index (κ3) is 7.73. The number of ether oxygens (including phenoxy) is 1. The van der Waals surface area contributed by atoms with Crippen LogP contribution in [0, 0.1) is 11.8 Å². The molecule has 0 heterocycles. The first kappa shape index (κ1) is 17.5. The predicted molar refractivity (Wildman–Crippen MR) is 77.6 cm³/mol. The van der Waals surface area contributed by atoms with Gasteiger partial charge in [-0.3, -0.25) is 4.79 Å². The molecule has 0 aromatic rings. The molecule has 1 atom stereocenters. The number of carbonyl (C=O) groups excluding carboxylic acids is 1. The van der Waals surface area contributed by atoms with E-state index in [1.165, 1.54) is 45.6 Å². The van der Waals surface area contributed by atoms with Crippen LogP contribution in [0.1, 0.15) is 78.6 Å². The van der Waals surface area contributed by atoms with Gasteiger partial charge in [-0.1, -0.05) is 65.7 Å². The van der Waals surface area contributed by atoms with Crippen molar-refractivity contribution in [3.63, 3.8) is 0 Å². The highest BCUT2D eigenvalue weighted by Gasteiger charge is 2.18. The van der Waals surface area contributed by atoms with Gasteiger partial charge in [0.05, 0.1) is 13.0 Å². The lowest BCUT2D eigenvalue weighted by atomic mass is 9.89. The summed E-state index contributed by atoms with van der Waals surface area (Å²) in [6.45, 7) is 6.65. The minimum atomic E-state index is -0.0145. The largest absolute Gasteiger partial charge is 0.469 e. The minimum absolute atomic E-state index is 0.0145. The van der Waals surface area contributed by atoms with Crippen molar-refractivity contribution in [2.75, 3.05) is 7.11 Å². The maximum absolute atomic E-state index is 11.6. The molecule has 0 aromatic heterocycles. The zero-order valence-electron chi connectivity index (χ0n) is 12.8. The summed E-state index contributed by atoms with van der Waals surface area (Å²) in [6.07, 6.45) is 10.7. The highest BCUT2D eigenvalue weighted by Crippen LogP contribution is 2.23. The molecule has 0 radical (unpaired) electrons. The van der Waals surface area contributed by atoms with Crippen LogP contribution in [0.2, 0.25) is 0 Å². The van der Waals surface area contributed by atoms with Crippen molar-refractivity contribution in [1.82, 2.24) is 0 Å². The fraction of sp³-hybridized carbons (Fsp3) is 0.938. The van der Waals surface area contributed by atoms with E-state index in [9.17, 15) is 4.79 Å². The van der Waals surface area contributed by atoms with Gasteiger partial charge in [-0.05, 0) is 18.8 Å². The highest BCUT2D eigenvalue weighted by atomic mass is 16.5. The van der Waals surface area contributed by atoms with Crippen LogP contribution in [-0.2, 0) is 9.53 Å². The van der Waals surface area contributed by atoms with Crippen molar-refractivity contribution < 1.29 is 9.53 Å². The van der Waals surface area contributed by atoms with Gasteiger partial charge in [0.2, 0.25) is 0 Å². The van der Waals surface area contributed by atoms with Crippen LogP contribution in [0.15, 0.2) is 0 Å². The summed E-state index contributed by atoms with van der Waals surface area (Å²) in [6, 6.07) is 0. The standard InChI is InChI=1S/C16H32O2/c1-5-9-14(10-6-2)12-8-13-15(11-7-3)16(17)18-4/h14-15H,5-13H2,1-4H3. The molecule has 1 unspecified atom stereocenters. The van der Waals surface area contributed by atoms with Gasteiger partial charge < -0.3 is 4.74 Å². The molecule has 108 valence electrons. The molecule has 0 fully saturated rings. The molecule has 0 aliphatic carbocycles. The first-order chi connectivity index (χ1) is 8.69. The molecule has 18 heavy (non-hydrogen) atoms. The lowest BCUT2D eigenvalue weighted by molar-refractivity contribution is -0.146. The summed E-state index contributed by atoms with van der Waals surface area (Å²) in [7, 11) is 1.50. The average molecular weight is 256 g/mol. The fourth-order valence-electron chi connectivity index (χ4n) is 2.80. The zero-order valence-corrected chi connectivity index (χ0v) is 12.8. The van der Waals surface area contributed by atoms with Gasteiger partial charge in [-0.15, -0.1) is 0 Å². The minimum Gasteiger partial charge on any atom is -0.469 e. The molecule has 2 heteroatoms. The lowest BCUT2D eigenvalue weighted by Crippen LogP contribution is -2.16. The molecular formula is C16H32O2. The van der Waals surface area contributed by atoms with Crippen LogP contribution in [0.3, 0.4) is 0 Å². The van der Waals surface area contributed by atoms with Gasteiger partial charge in [0.25, 0.3) is 0 Å². The topological polar surface area (TPSA) is 26.3 Å². The number of esters is 1. The van der Waals surface area contributed by atoms with Gasteiger partial charge in [0.1, 0.15) is 0 Å². The fourth-order valence-corrected chi connectivity index (χ4v) is 2.80. The Morgan fingerprint density at radius 3 is 1.89 bits per heavy atom. The summed E-state index contributed by atoms with van der Waals surface area (Å²) in [5.41, 5.74) is 0. The third-order valence-corrected chi connectivity index (χ3v) is 3.73. The van der Waals surface area contributed by atoms with E-state index in [1.807, 2.05) is 0 Å². The Balaban J connectivity index is 3.97. The number of rotatable bonds is 11. The quantitative estimate of drug-likeness (QED) is 0.488. The molecule has 0 rings (SSSR count). The summed E-state index contributed by atoms with van der Waals surface area (Å²) in [4.78, 5) is 11.6. The van der Waals surface area contributed by atoms with Gasteiger partial charge in [0, 0.05) is 0 Å². The molecule has 0 amide bonds. The second-order valence-electron chi connectivity index (χ2n) is 5.38. The van der Waals surface area contributed by atoms with Crippen LogP contribution >= 0.6 is 0 Å². The average Bonchev–Trinajstić information content (AvgIpc) is 2.37. The van der Waals surface area contributed by atoms with Crippen molar-refractivity contribution in [2.45, 2.75) is 78.6 Å². The normalized spacial score (nSPS) is 12.7. The number of hydrogen-bond donors (Lipinski definition) is 0. The second-order valence-corrected chi connectivity index (χ2v) is 5.38. The number of hydrogen-bond acceptors (Lipinski definition) is 2. The van der Waals surface area contributed by atoms with Crippen molar-refractivity contribution in [3.05, 3.63) is 0 Å². The van der Waals surface area contributed by atoms with E-state index < -0.39 is 0 Å². The van der Waals surface area contributed by atoms with E-state index in [2.05, 4.69) is 20.8 Å². The van der Waals surface area contributed by atoms with E-state index in [1.54, 1.807) is 0 Å². The first-order valence-electron chi connectivity index (χ1n) is 7.77. The predicted octanol–water partition coefficient (Wildman–Crippen LogP) is 4.96. The monoisotopic (exact) mass is 256 g/mol. The van der Waals surface area contributed by atoms with Crippen LogP contribution < -0.4 is 0 Å². The van der Waals surface area contributed by atoms with Crippen LogP contribution in [0.4, 0.5) is 0 Å². The molecular weight excluding hydrogens is 224 g/mol. The van der Waals surface area contributed by atoms with Gasteiger partial charge in [-0.25, -0.2) is 0 Å². The van der Waals surface area contributed by atoms with Gasteiger partial charge >= 0.3 is 5.97 Å². The van der Waals surface area contributed by atoms with Crippen molar-refractivity contribution in [1.29, 1.82) is 0 Å². The number of methoxy groups -OCH3 is 1. The smallest absolute Gasteiger partial charge is 0.308 e. The first-order valence-corrected chi connectivity index (χ1v) is 7.77. The van der Waals surface area contributed by atoms with Gasteiger partial charge in [0.15, 0.2) is 0 Å². The van der Waals surface area contributed by atoms with Crippen LogP contribution in [-0.4, -0.2) is 13.1 Å². The molecule has 2 nitrogen and oxygen atoms in total. The Hall–Kier alpha value is -0.530. The molecule has 0 bridgehead atoms. The zero-order chi connectivity index (χ0) is 13.8. The molecule has 0 spiro atoms. The Labute approximate surface area is 113 Å². The summed E-state index contributed by atoms with van der Waals surface area (Å²) < 4.78 is 4.88. The van der Waals surface area contributed by atoms with E-state index >= 15 is 0 Å². The summed E-state index contributed by atoms with van der Waals surface area (Å²) >= 11 is 0. The Kier molecular flexibility index (Phi) is 11.2. The van der Waals surface area contributed by atoms with E-state index in [4.69, 9.17) is 4.74 Å². The molecule has 0 aliphatic rings. The maximum atomic E-state index is 11.6. The molecule has 0 aromatic carbocycles. The Morgan fingerprint density at radius 2 is 1.44 bits per heavy atom. The number of carbonyl (C=O) groups is 1. The lowest BCUT2D eigenvalue weighted by Gasteiger charge is -2.17. The Morgan fingerprint density at radius 1 is 0.889 bits per heavy atom. The van der Waals surface area contributed by atoms with E-state index in [0.29, 0.717) is 0 Å². The van der Waals surface area contributed by atoms with E-state index in [-0.39, 0.29) is 11.9 Å². The van der Waals surface area contributed by atoms with Crippen LogP contribution in [0.5, 0.6) is 0 Å². The summed E-state index contributed by atoms with van der Waals surface area (Å²) in [5, 5.41) is 0. The molecule has 0 saturated carbocycles. The van der Waals surface area contributed by atoms with Crippen molar-refractivity contribution in [3.8, 4) is 0 Å². The van der Waals surface area contributed by atoms with Gasteiger partial charge in [-0.2, -0.15) is 0 Å². The van der Waals surface area contributed by atoms with Crippen molar-refractivity contribution in [2.24, 2.45) is 11.8 Å². The molecule has 0 aliphatic heterocycles. The molecule has 0 saturated heterocycles. The highest BCUT2D eigenvalue weighted by molar-refractivity contribution is 5.72. The molecule has 0 N–H and O–H groups in total. The maximum Gasteiger partial charge on any atom is 0.308 e. The third-order valence-electron chi connectivity index (χ3n) is 3.73. The van der Waals surface area contributed by atoms with Crippen molar-refractivity contribution >= 4 is 5.97 Å². The second kappa shape index (κ2) is 11.6. The van der Waals surface area contributed by atoms with E-state index in [0.717, 1.165) is 25.2 Å². The SMILES string of the molecule is CCCC(CCC)CCCC(CCC)C(=O)OC. The Bertz CT molecular complexity index is 195.